The molecule has 0 aliphatic carbocycles. The number of rotatable bonds is 4. The van der Waals surface area contributed by atoms with E-state index in [1.165, 1.54) is 0 Å². The smallest absolute Gasteiger partial charge is 0.226 e. The summed E-state index contributed by atoms with van der Waals surface area (Å²) in [6, 6.07) is 5.64. The van der Waals surface area contributed by atoms with E-state index in [0.29, 0.717) is 24.7 Å². The molecular weight excluding hydrogens is 319 g/mol. The number of amides is 1. The maximum absolute atomic E-state index is 11.9. The highest BCUT2D eigenvalue weighted by atomic mass is 35.5. The lowest BCUT2D eigenvalue weighted by molar-refractivity contribution is -0.117. The summed E-state index contributed by atoms with van der Waals surface area (Å²) in [5.41, 5.74) is 0.726. The van der Waals surface area contributed by atoms with Gasteiger partial charge < -0.3 is 15.4 Å². The summed E-state index contributed by atoms with van der Waals surface area (Å²) in [7, 11) is 0. The van der Waals surface area contributed by atoms with Crippen LogP contribution < -0.4 is 10.6 Å². The maximum atomic E-state index is 11.9. The van der Waals surface area contributed by atoms with Crippen LogP contribution in [0.1, 0.15) is 6.42 Å². The fraction of sp³-hybridized carbons (Fsp3) is 0.462. The summed E-state index contributed by atoms with van der Waals surface area (Å²) >= 11 is 7.68. The van der Waals surface area contributed by atoms with Crippen LogP contribution in [-0.4, -0.2) is 38.0 Å². The van der Waals surface area contributed by atoms with E-state index in [2.05, 4.69) is 10.6 Å². The van der Waals surface area contributed by atoms with Gasteiger partial charge in [0.1, 0.15) is 0 Å². The number of morpholine rings is 1. The standard InChI is InChI=1S/C13H17ClN2O2S.ClH/c1-19-12-3-2-9(6-11(12)14)16-13(17)7-10-8-18-5-4-15-10;/h2-3,6,10,15H,4-5,7-8H2,1H3,(H,16,17);1H. The number of carbonyl (C=O) groups excluding carboxylic acids is 1. The number of halogens is 2. The van der Waals surface area contributed by atoms with Crippen molar-refractivity contribution in [2.45, 2.75) is 17.4 Å². The number of hydrogen-bond donors (Lipinski definition) is 2. The maximum Gasteiger partial charge on any atom is 0.226 e. The van der Waals surface area contributed by atoms with E-state index in [1.54, 1.807) is 17.8 Å². The molecule has 7 heteroatoms. The first-order chi connectivity index (χ1) is 9.19. The van der Waals surface area contributed by atoms with Gasteiger partial charge in [0.15, 0.2) is 0 Å². The third-order valence-corrected chi connectivity index (χ3v) is 4.09. The largest absolute Gasteiger partial charge is 0.378 e. The molecule has 1 amide bonds. The first-order valence-corrected chi connectivity index (χ1v) is 7.74. The zero-order valence-corrected chi connectivity index (χ0v) is 13.5. The third-order valence-electron chi connectivity index (χ3n) is 2.87. The van der Waals surface area contributed by atoms with Crippen LogP contribution in [0.4, 0.5) is 5.69 Å². The van der Waals surface area contributed by atoms with Gasteiger partial charge in [0.05, 0.1) is 18.2 Å². The molecular formula is C13H18Cl2N2O2S. The molecule has 1 aliphatic heterocycles. The first-order valence-electron chi connectivity index (χ1n) is 6.13. The Kier molecular flexibility index (Phi) is 7.69. The number of benzene rings is 1. The predicted octanol–water partition coefficient (Wildman–Crippen LogP) is 2.80. The molecule has 1 heterocycles. The van der Waals surface area contributed by atoms with Crippen LogP contribution in [0.3, 0.4) is 0 Å². The summed E-state index contributed by atoms with van der Waals surface area (Å²) < 4.78 is 5.32. The van der Waals surface area contributed by atoms with E-state index in [1.807, 2.05) is 18.4 Å². The molecule has 1 unspecified atom stereocenters. The summed E-state index contributed by atoms with van der Waals surface area (Å²) in [4.78, 5) is 12.9. The molecule has 0 saturated carbocycles. The molecule has 0 aromatic heterocycles. The van der Waals surface area contributed by atoms with E-state index < -0.39 is 0 Å². The van der Waals surface area contributed by atoms with Gasteiger partial charge in [-0.1, -0.05) is 11.6 Å². The minimum Gasteiger partial charge on any atom is -0.378 e. The van der Waals surface area contributed by atoms with Gasteiger partial charge in [-0.25, -0.2) is 0 Å². The van der Waals surface area contributed by atoms with Crippen LogP contribution in [0, 0.1) is 0 Å². The molecule has 1 fully saturated rings. The van der Waals surface area contributed by atoms with E-state index >= 15 is 0 Å². The lowest BCUT2D eigenvalue weighted by Gasteiger charge is -2.23. The van der Waals surface area contributed by atoms with Gasteiger partial charge in [0.25, 0.3) is 0 Å². The zero-order valence-electron chi connectivity index (χ0n) is 11.1. The molecule has 4 nitrogen and oxygen atoms in total. The van der Waals surface area contributed by atoms with Gasteiger partial charge in [-0.3, -0.25) is 4.79 Å². The number of thioether (sulfide) groups is 1. The number of carbonyl (C=O) groups is 1. The van der Waals surface area contributed by atoms with Crippen LogP contribution >= 0.6 is 35.8 Å². The Bertz CT molecular complexity index is 454. The Labute approximate surface area is 134 Å². The number of ether oxygens (including phenoxy) is 1. The lowest BCUT2D eigenvalue weighted by Crippen LogP contribution is -2.43. The molecule has 2 N–H and O–H groups in total. The van der Waals surface area contributed by atoms with Crippen molar-refractivity contribution in [2.75, 3.05) is 31.3 Å². The summed E-state index contributed by atoms with van der Waals surface area (Å²) in [6.07, 6.45) is 2.37. The minimum atomic E-state index is -0.0315. The second-order valence-corrected chi connectivity index (χ2v) is 5.58. The predicted molar refractivity (Wildman–Crippen MR) is 86.3 cm³/mol. The third kappa shape index (κ3) is 5.14. The SMILES string of the molecule is CSc1ccc(NC(=O)CC2COCCN2)cc1Cl.Cl. The summed E-state index contributed by atoms with van der Waals surface area (Å²) in [5, 5.41) is 6.76. The highest BCUT2D eigenvalue weighted by molar-refractivity contribution is 7.98. The second kappa shape index (κ2) is 8.74. The molecule has 0 radical (unpaired) electrons. The van der Waals surface area contributed by atoms with Gasteiger partial charge in [0.2, 0.25) is 5.91 Å². The monoisotopic (exact) mass is 336 g/mol. The fourth-order valence-corrected chi connectivity index (χ4v) is 2.80. The van der Waals surface area contributed by atoms with Crippen molar-refractivity contribution in [3.05, 3.63) is 23.2 Å². The number of anilines is 1. The van der Waals surface area contributed by atoms with Gasteiger partial charge in [-0.15, -0.1) is 24.2 Å². The molecule has 2 rings (SSSR count). The Hall–Kier alpha value is -0.460. The highest BCUT2D eigenvalue weighted by Gasteiger charge is 2.17. The second-order valence-electron chi connectivity index (χ2n) is 4.33. The van der Waals surface area contributed by atoms with Crippen molar-refractivity contribution >= 4 is 47.4 Å². The molecule has 20 heavy (non-hydrogen) atoms. The van der Waals surface area contributed by atoms with Crippen molar-refractivity contribution in [1.82, 2.24) is 5.32 Å². The molecule has 1 aromatic rings. The lowest BCUT2D eigenvalue weighted by atomic mass is 10.2. The van der Waals surface area contributed by atoms with E-state index in [0.717, 1.165) is 17.1 Å². The Balaban J connectivity index is 0.00000200. The van der Waals surface area contributed by atoms with Gasteiger partial charge in [-0.2, -0.15) is 0 Å². The number of hydrogen-bond acceptors (Lipinski definition) is 4. The fourth-order valence-electron chi connectivity index (χ4n) is 1.93. The van der Waals surface area contributed by atoms with Crippen molar-refractivity contribution in [2.24, 2.45) is 0 Å². The van der Waals surface area contributed by atoms with Crippen LogP contribution in [0.25, 0.3) is 0 Å². The van der Waals surface area contributed by atoms with E-state index in [-0.39, 0.29) is 24.4 Å². The number of nitrogens with one attached hydrogen (secondary N) is 2. The molecule has 0 spiro atoms. The molecule has 1 aliphatic rings. The van der Waals surface area contributed by atoms with Gasteiger partial charge >= 0.3 is 0 Å². The van der Waals surface area contributed by atoms with E-state index in [4.69, 9.17) is 16.3 Å². The summed E-state index contributed by atoms with van der Waals surface area (Å²) in [5.74, 6) is -0.0315. The van der Waals surface area contributed by atoms with Crippen LogP contribution in [0.15, 0.2) is 23.1 Å². The normalized spacial score (nSPS) is 18.2. The Morgan fingerprint density at radius 3 is 3.00 bits per heavy atom. The van der Waals surface area contributed by atoms with Crippen molar-refractivity contribution in [3.8, 4) is 0 Å². The van der Waals surface area contributed by atoms with E-state index in [9.17, 15) is 4.79 Å². The van der Waals surface area contributed by atoms with Gasteiger partial charge in [-0.05, 0) is 24.5 Å². The Morgan fingerprint density at radius 1 is 1.60 bits per heavy atom. The summed E-state index contributed by atoms with van der Waals surface area (Å²) in [6.45, 7) is 2.09. The van der Waals surface area contributed by atoms with Crippen LogP contribution in [0.2, 0.25) is 5.02 Å². The topological polar surface area (TPSA) is 50.4 Å². The van der Waals surface area contributed by atoms with Crippen LogP contribution in [-0.2, 0) is 9.53 Å². The molecule has 1 aromatic carbocycles. The van der Waals surface area contributed by atoms with Gasteiger partial charge in [0, 0.05) is 29.6 Å². The van der Waals surface area contributed by atoms with Crippen molar-refractivity contribution < 1.29 is 9.53 Å². The minimum absolute atomic E-state index is 0. The van der Waals surface area contributed by atoms with Crippen molar-refractivity contribution in [3.63, 3.8) is 0 Å². The quantitative estimate of drug-likeness (QED) is 0.830. The first kappa shape index (κ1) is 17.6. The molecule has 1 saturated heterocycles. The molecule has 112 valence electrons. The zero-order chi connectivity index (χ0) is 13.7. The highest BCUT2D eigenvalue weighted by Crippen LogP contribution is 2.27. The average Bonchev–Trinajstić information content (AvgIpc) is 2.40. The van der Waals surface area contributed by atoms with Crippen LogP contribution in [0.5, 0.6) is 0 Å². The average molecular weight is 337 g/mol. The molecule has 1 atom stereocenters. The van der Waals surface area contributed by atoms with Crippen molar-refractivity contribution in [1.29, 1.82) is 0 Å². The Morgan fingerprint density at radius 2 is 2.40 bits per heavy atom. The molecule has 0 bridgehead atoms.